The third-order valence-corrected chi connectivity index (χ3v) is 15.5. The predicted octanol–water partition coefficient (Wildman–Crippen LogP) is 7.97. The van der Waals surface area contributed by atoms with Gasteiger partial charge in [-0.3, -0.25) is 23.6 Å². The van der Waals surface area contributed by atoms with Crippen molar-refractivity contribution < 1.29 is 76.1 Å². The molecule has 0 saturated carbocycles. The number of carboxylic acids is 1. The number of nitrogens with two attached hydrogens (primary N) is 1. The van der Waals surface area contributed by atoms with Crippen LogP contribution in [-0.2, 0) is 55.5 Å². The van der Waals surface area contributed by atoms with E-state index in [0.29, 0.717) is 62.4 Å². The predicted molar refractivity (Wildman–Crippen MR) is 282 cm³/mol. The molecule has 21 nitrogen and oxygen atoms in total. The van der Waals surface area contributed by atoms with E-state index in [1.165, 1.54) is 24.3 Å². The van der Waals surface area contributed by atoms with Gasteiger partial charge in [-0.25, -0.2) is 32.2 Å². The number of halogens is 11. The highest BCUT2D eigenvalue weighted by Gasteiger charge is 2.54. The molecule has 0 aliphatic carbocycles. The minimum atomic E-state index is -5.74. The van der Waals surface area contributed by atoms with E-state index in [2.05, 4.69) is 30.2 Å². The third kappa shape index (κ3) is 13.3. The van der Waals surface area contributed by atoms with Crippen LogP contribution in [0.2, 0.25) is 10.0 Å². The van der Waals surface area contributed by atoms with Gasteiger partial charge < -0.3 is 25.6 Å². The number of hydrogen-bond donors (Lipinski definition) is 3. The molecule has 6 heterocycles. The number of aryl methyl sites for hydroxylation is 4. The van der Waals surface area contributed by atoms with Crippen molar-refractivity contribution in [3.8, 4) is 0 Å². The molecule has 0 atom stereocenters. The minimum absolute atomic E-state index is 0. The van der Waals surface area contributed by atoms with Gasteiger partial charge >= 0.3 is 49.1 Å². The van der Waals surface area contributed by atoms with Crippen LogP contribution in [0.4, 0.5) is 46.5 Å². The van der Waals surface area contributed by atoms with Crippen molar-refractivity contribution in [3.05, 3.63) is 128 Å². The van der Waals surface area contributed by atoms with Gasteiger partial charge in [-0.15, -0.1) is 22.6 Å². The Bertz CT molecular complexity index is 3610. The molecular formula is C46H49Cl3F8N12O9S2. The molecule has 0 radical (unpaired) electrons. The van der Waals surface area contributed by atoms with E-state index in [-0.39, 0.29) is 64.3 Å². The van der Waals surface area contributed by atoms with Crippen LogP contribution < -0.4 is 21.1 Å². The number of fused-ring (bicyclic) bond motifs is 2. The average molecular weight is 1240 g/mol. The van der Waals surface area contributed by atoms with Crippen molar-refractivity contribution in [2.24, 2.45) is 15.9 Å². The zero-order valence-electron chi connectivity index (χ0n) is 42.7. The summed E-state index contributed by atoms with van der Waals surface area (Å²) in [5.74, 6) is -2.88. The number of amidine groups is 2. The van der Waals surface area contributed by atoms with Crippen molar-refractivity contribution in [3.63, 3.8) is 0 Å². The molecule has 34 heteroatoms. The number of anilines is 2. The monoisotopic (exact) mass is 1230 g/mol. The van der Waals surface area contributed by atoms with Gasteiger partial charge in [-0.2, -0.15) is 43.2 Å². The van der Waals surface area contributed by atoms with Crippen LogP contribution >= 0.6 is 35.6 Å². The first-order chi connectivity index (χ1) is 36.9. The van der Waals surface area contributed by atoms with E-state index in [9.17, 15) is 61.5 Å². The lowest BCUT2D eigenvalue weighted by molar-refractivity contribution is -0.0482. The first-order valence-corrected chi connectivity index (χ1v) is 26.7. The number of hydrogen-bond acceptors (Lipinski definition) is 15. The molecule has 4 N–H and O–H groups in total. The van der Waals surface area contributed by atoms with Crippen molar-refractivity contribution in [2.45, 2.75) is 64.6 Å². The van der Waals surface area contributed by atoms with Crippen LogP contribution in [0, 0.1) is 25.5 Å². The SMILES string of the molecule is CCc1nc2cc(Cl)c(C)cn2c1C(=O)NCc1ccc(N2CCN(S(=O)(=O)C(F)(F)F)C(OC)=N2)c(F)c1.CCc1nc2cc(Cl)c(C)cn2c1C(=O)O.COC1=NN(c2ccc(CN)cc2F)CCN1S(=O)(=O)C(F)(F)F.Cl. The van der Waals surface area contributed by atoms with Crippen LogP contribution in [0.5, 0.6) is 0 Å². The van der Waals surface area contributed by atoms with E-state index in [0.717, 1.165) is 47.5 Å². The number of rotatable bonds is 11. The fraction of sp³-hybridized carbons (Fsp3) is 0.348. The Morgan fingerprint density at radius 1 is 0.688 bits per heavy atom. The molecule has 2 aliphatic heterocycles. The lowest BCUT2D eigenvalue weighted by Crippen LogP contribution is -2.51. The van der Waals surface area contributed by atoms with E-state index in [4.69, 9.17) is 38.8 Å². The fourth-order valence-corrected chi connectivity index (χ4v) is 9.78. The highest BCUT2D eigenvalue weighted by Crippen LogP contribution is 2.33. The van der Waals surface area contributed by atoms with Gasteiger partial charge in [0.15, 0.2) is 5.69 Å². The number of nitrogens with zero attached hydrogens (tertiary/aromatic N) is 10. The maximum Gasteiger partial charge on any atom is 0.516 e. The number of carbonyl (C=O) groups is 2. The van der Waals surface area contributed by atoms with Gasteiger partial charge in [-0.1, -0.05) is 49.2 Å². The summed E-state index contributed by atoms with van der Waals surface area (Å²) in [6, 6.07) is 9.68. The number of amides is 1. The Balaban J connectivity index is 0.000000243. The van der Waals surface area contributed by atoms with E-state index >= 15 is 0 Å². The molecule has 80 heavy (non-hydrogen) atoms. The second-order valence-corrected chi connectivity index (χ2v) is 21.3. The molecule has 1 amide bonds. The maximum absolute atomic E-state index is 15.0. The molecule has 0 fully saturated rings. The number of ether oxygens (including phenoxy) is 2. The van der Waals surface area contributed by atoms with Gasteiger partial charge in [0.25, 0.3) is 5.91 Å². The molecule has 0 saturated heterocycles. The number of sulfonamides is 2. The Morgan fingerprint density at radius 3 is 1.46 bits per heavy atom. The molecule has 436 valence electrons. The summed E-state index contributed by atoms with van der Waals surface area (Å²) in [5.41, 5.74) is -0.538. The summed E-state index contributed by atoms with van der Waals surface area (Å²) in [6.07, 6.45) is 4.49. The fourth-order valence-electron chi connectivity index (χ4n) is 7.71. The number of hydrazone groups is 2. The zero-order chi connectivity index (χ0) is 58.7. The Hall–Kier alpha value is -6.93. The molecular weight excluding hydrogens is 1190 g/mol. The van der Waals surface area contributed by atoms with Crippen LogP contribution in [0.3, 0.4) is 0 Å². The molecule has 2 aliphatic rings. The van der Waals surface area contributed by atoms with E-state index in [1.807, 2.05) is 20.8 Å². The average Bonchev–Trinajstić information content (AvgIpc) is 3.96. The molecule has 4 aromatic heterocycles. The van der Waals surface area contributed by atoms with Gasteiger partial charge in [-0.05, 0) is 73.2 Å². The summed E-state index contributed by atoms with van der Waals surface area (Å²) in [7, 11) is -9.46. The number of aromatic carboxylic acids is 1. The van der Waals surface area contributed by atoms with Crippen molar-refractivity contribution in [2.75, 3.05) is 50.4 Å². The molecule has 6 aromatic rings. The molecule has 0 unspecified atom stereocenters. The lowest BCUT2D eigenvalue weighted by Gasteiger charge is -2.32. The number of carboxylic acid groups (broad SMARTS) is 1. The van der Waals surface area contributed by atoms with Gasteiger partial charge in [0.1, 0.15) is 28.6 Å². The smallest absolute Gasteiger partial charge is 0.477 e. The number of pyridine rings is 2. The van der Waals surface area contributed by atoms with Crippen LogP contribution in [0.1, 0.15) is 68.5 Å². The van der Waals surface area contributed by atoms with Crippen molar-refractivity contribution >= 4 is 102 Å². The number of methoxy groups -OCH3 is 2. The summed E-state index contributed by atoms with van der Waals surface area (Å²) >= 11 is 12.1. The topological polar surface area (TPSA) is 251 Å². The normalized spacial score (nSPS) is 14.1. The number of imidazole rings is 2. The van der Waals surface area contributed by atoms with Crippen LogP contribution in [-0.4, -0.2) is 125 Å². The Kier molecular flexibility index (Phi) is 20.2. The number of aromatic nitrogens is 4. The van der Waals surface area contributed by atoms with Crippen LogP contribution in [0.25, 0.3) is 11.3 Å². The molecule has 2 aromatic carbocycles. The highest BCUT2D eigenvalue weighted by molar-refractivity contribution is 7.90. The highest BCUT2D eigenvalue weighted by atomic mass is 35.5. The summed E-state index contributed by atoms with van der Waals surface area (Å²) in [5, 5.41) is 22.4. The molecule has 8 rings (SSSR count). The molecule has 0 bridgehead atoms. The number of carbonyl (C=O) groups excluding carboxylic acids is 1. The van der Waals surface area contributed by atoms with Crippen molar-refractivity contribution in [1.82, 2.24) is 32.7 Å². The first-order valence-electron chi connectivity index (χ1n) is 23.0. The van der Waals surface area contributed by atoms with E-state index in [1.54, 1.807) is 40.3 Å². The largest absolute Gasteiger partial charge is 0.516 e. The van der Waals surface area contributed by atoms with E-state index < -0.39 is 79.7 Å². The standard InChI is InChI=1S/C23H23ClF4N6O4S.C12H14F4N4O3S.C11H11ClN2O2.ClH/c1-4-17-20(32-12-13(2)15(24)10-19(32)30-17)21(35)29-11-14-5-6-18(16(25)9-14)33-7-8-34(22(31-33)38-3)39(36,37)23(26,27)28;1-23-11-18-19(10-3-2-8(7-17)6-9(10)13)4-5-20(11)24(21,22)12(14,15)16;1-3-8-10(11(15)16)14-5-6(2)7(12)4-9(14)13-8;/h5-6,9-10,12H,4,7-8,11H2,1-3H3,(H,29,35);2-3,6H,4-5,7,17H2,1H3;4-5H,3H2,1-2H3,(H,15,16);1H. The molecule has 0 spiro atoms. The lowest BCUT2D eigenvalue weighted by atomic mass is 10.1. The quantitative estimate of drug-likeness (QED) is 0.104. The Morgan fingerprint density at radius 2 is 1.09 bits per heavy atom. The summed E-state index contributed by atoms with van der Waals surface area (Å²) in [4.78, 5) is 32.9. The van der Waals surface area contributed by atoms with Gasteiger partial charge in [0, 0.05) is 47.7 Å². The van der Waals surface area contributed by atoms with Crippen molar-refractivity contribution in [1.29, 1.82) is 0 Å². The summed E-state index contributed by atoms with van der Waals surface area (Å²) < 4.78 is 165. The number of alkyl halides is 6. The third-order valence-electron chi connectivity index (χ3n) is 11.7. The van der Waals surface area contributed by atoms with Gasteiger partial charge in [0.2, 0.25) is 0 Å². The first kappa shape index (κ1) is 63.9. The second kappa shape index (κ2) is 25.2. The summed E-state index contributed by atoms with van der Waals surface area (Å²) in [6.45, 7) is 5.51. The van der Waals surface area contributed by atoms with Gasteiger partial charge in [0.05, 0.1) is 63.2 Å². The Labute approximate surface area is 467 Å². The number of nitrogens with one attached hydrogen (secondary N) is 1. The van der Waals surface area contributed by atoms with Crippen LogP contribution in [0.15, 0.2) is 71.1 Å². The maximum atomic E-state index is 15.0. The number of benzene rings is 2. The minimum Gasteiger partial charge on any atom is -0.477 e. The zero-order valence-corrected chi connectivity index (χ0v) is 46.7. The second-order valence-electron chi connectivity index (χ2n) is 16.8.